The number of piperazine rings is 2. The molecule has 1 amide bonds. The van der Waals surface area contributed by atoms with Gasteiger partial charge in [0, 0.05) is 71.2 Å². The van der Waals surface area contributed by atoms with Crippen molar-refractivity contribution in [3.05, 3.63) is 42.3 Å². The van der Waals surface area contributed by atoms with Gasteiger partial charge in [0.2, 0.25) is 11.9 Å². The van der Waals surface area contributed by atoms with Crippen molar-refractivity contribution >= 4 is 23.4 Å². The Kier molecular flexibility index (Phi) is 5.27. The molecule has 148 valence electrons. The van der Waals surface area contributed by atoms with Crippen LogP contribution in [-0.4, -0.2) is 73.1 Å². The summed E-state index contributed by atoms with van der Waals surface area (Å²) in [4.78, 5) is 29.2. The highest BCUT2D eigenvalue weighted by Crippen LogP contribution is 2.21. The van der Waals surface area contributed by atoms with Crippen molar-refractivity contribution in [3.8, 4) is 0 Å². The Balaban J connectivity index is 1.37. The van der Waals surface area contributed by atoms with Gasteiger partial charge in [-0.3, -0.25) is 4.79 Å². The number of halogens is 1. The van der Waals surface area contributed by atoms with Gasteiger partial charge in [0.15, 0.2) is 0 Å². The summed E-state index contributed by atoms with van der Waals surface area (Å²) in [5.74, 6) is 1.56. The van der Waals surface area contributed by atoms with Gasteiger partial charge >= 0.3 is 0 Å². The maximum Gasteiger partial charge on any atom is 0.227 e. The molecule has 0 atom stereocenters. The molecule has 0 spiro atoms. The lowest BCUT2D eigenvalue weighted by atomic mass is 10.2. The minimum absolute atomic E-state index is 0.119. The molecule has 2 aliphatic heterocycles. The Morgan fingerprint density at radius 2 is 1.46 bits per heavy atom. The number of hydrogen-bond donors (Lipinski definition) is 0. The van der Waals surface area contributed by atoms with Crippen molar-refractivity contribution in [1.82, 2.24) is 14.9 Å². The minimum Gasteiger partial charge on any atom is -0.368 e. The van der Waals surface area contributed by atoms with E-state index in [4.69, 9.17) is 4.98 Å². The van der Waals surface area contributed by atoms with Crippen LogP contribution in [0.25, 0.3) is 0 Å². The van der Waals surface area contributed by atoms with E-state index < -0.39 is 0 Å². The first-order valence-corrected chi connectivity index (χ1v) is 9.69. The third kappa shape index (κ3) is 4.00. The average molecular weight is 384 g/mol. The summed E-state index contributed by atoms with van der Waals surface area (Å²) in [5.41, 5.74) is 1.05. The molecule has 0 aliphatic carbocycles. The first-order valence-electron chi connectivity index (χ1n) is 9.69. The van der Waals surface area contributed by atoms with E-state index in [1.54, 1.807) is 13.1 Å². The molecule has 0 bridgehead atoms. The Bertz CT molecular complexity index is 814. The van der Waals surface area contributed by atoms with Gasteiger partial charge < -0.3 is 19.6 Å². The predicted octanol–water partition coefficient (Wildman–Crippen LogP) is 1.61. The number of aromatic nitrogens is 2. The fourth-order valence-corrected chi connectivity index (χ4v) is 3.73. The molecule has 3 heterocycles. The summed E-state index contributed by atoms with van der Waals surface area (Å²) in [5, 5.41) is 0. The lowest BCUT2D eigenvalue weighted by Gasteiger charge is -2.37. The number of hydrogen-bond acceptors (Lipinski definition) is 6. The predicted molar refractivity (Wildman–Crippen MR) is 107 cm³/mol. The van der Waals surface area contributed by atoms with Crippen molar-refractivity contribution in [3.63, 3.8) is 0 Å². The molecule has 28 heavy (non-hydrogen) atoms. The van der Waals surface area contributed by atoms with Crippen molar-refractivity contribution < 1.29 is 9.18 Å². The molecule has 7 nitrogen and oxygen atoms in total. The van der Waals surface area contributed by atoms with E-state index in [2.05, 4.69) is 19.7 Å². The van der Waals surface area contributed by atoms with Gasteiger partial charge in [-0.1, -0.05) is 0 Å². The second-order valence-electron chi connectivity index (χ2n) is 7.16. The maximum absolute atomic E-state index is 13.1. The molecule has 2 aromatic rings. The van der Waals surface area contributed by atoms with Crippen LogP contribution in [0, 0.1) is 5.82 Å². The zero-order valence-electron chi connectivity index (χ0n) is 16.1. The number of nitrogens with zero attached hydrogens (tertiary/aromatic N) is 6. The van der Waals surface area contributed by atoms with Crippen molar-refractivity contribution in [1.29, 1.82) is 0 Å². The van der Waals surface area contributed by atoms with Gasteiger partial charge in [0.05, 0.1) is 0 Å². The van der Waals surface area contributed by atoms with E-state index in [9.17, 15) is 9.18 Å². The van der Waals surface area contributed by atoms with Crippen molar-refractivity contribution in [2.24, 2.45) is 0 Å². The quantitative estimate of drug-likeness (QED) is 0.802. The third-order valence-corrected chi connectivity index (χ3v) is 5.43. The van der Waals surface area contributed by atoms with E-state index >= 15 is 0 Å². The van der Waals surface area contributed by atoms with Crippen LogP contribution >= 0.6 is 0 Å². The molecule has 0 unspecified atom stereocenters. The summed E-state index contributed by atoms with van der Waals surface area (Å²) < 4.78 is 13.1. The normalized spacial score (nSPS) is 17.8. The highest BCUT2D eigenvalue weighted by atomic mass is 19.1. The summed E-state index contributed by atoms with van der Waals surface area (Å²) in [7, 11) is 0. The van der Waals surface area contributed by atoms with Gasteiger partial charge in [-0.05, 0) is 30.3 Å². The first kappa shape index (κ1) is 18.5. The fourth-order valence-electron chi connectivity index (χ4n) is 3.73. The van der Waals surface area contributed by atoms with E-state index in [0.29, 0.717) is 13.1 Å². The molecule has 1 aromatic heterocycles. The second-order valence-corrected chi connectivity index (χ2v) is 7.16. The van der Waals surface area contributed by atoms with Crippen LogP contribution < -0.4 is 14.7 Å². The molecule has 0 N–H and O–H groups in total. The highest BCUT2D eigenvalue weighted by molar-refractivity contribution is 5.73. The van der Waals surface area contributed by atoms with E-state index in [1.165, 1.54) is 12.1 Å². The summed E-state index contributed by atoms with van der Waals surface area (Å²) in [6, 6.07) is 8.61. The Labute approximate surface area is 164 Å². The molecule has 1 aromatic carbocycles. The zero-order chi connectivity index (χ0) is 19.5. The number of carbonyl (C=O) groups is 1. The summed E-state index contributed by atoms with van der Waals surface area (Å²) in [6.07, 6.45) is 1.81. The number of amides is 1. The van der Waals surface area contributed by atoms with Crippen LogP contribution in [0.3, 0.4) is 0 Å². The van der Waals surface area contributed by atoms with Crippen LogP contribution in [0.15, 0.2) is 36.5 Å². The summed E-state index contributed by atoms with van der Waals surface area (Å²) in [6.45, 7) is 7.96. The fraction of sp³-hybridized carbons (Fsp3) is 0.450. The molecule has 8 heteroatoms. The molecule has 0 saturated carbocycles. The van der Waals surface area contributed by atoms with E-state index in [0.717, 1.165) is 56.7 Å². The van der Waals surface area contributed by atoms with Gasteiger partial charge in [-0.25, -0.2) is 9.37 Å². The molecule has 4 rings (SSSR count). The molecule has 2 fully saturated rings. The van der Waals surface area contributed by atoms with Gasteiger partial charge in [0.1, 0.15) is 11.6 Å². The second kappa shape index (κ2) is 8.00. The SMILES string of the molecule is CC(=O)N1CCN(c2nccc(N3CCN(c4ccc(F)cc4)CC3)n2)CC1. The minimum atomic E-state index is -0.208. The number of rotatable bonds is 3. The largest absolute Gasteiger partial charge is 0.368 e. The van der Waals surface area contributed by atoms with Crippen molar-refractivity contribution in [2.75, 3.05) is 67.1 Å². The molecular formula is C20H25FN6O. The summed E-state index contributed by atoms with van der Waals surface area (Å²) >= 11 is 0. The molecule has 2 saturated heterocycles. The Hall–Kier alpha value is -2.90. The Morgan fingerprint density at radius 3 is 2.11 bits per heavy atom. The van der Waals surface area contributed by atoms with Gasteiger partial charge in [0.25, 0.3) is 0 Å². The van der Waals surface area contributed by atoms with E-state index in [-0.39, 0.29) is 11.7 Å². The topological polar surface area (TPSA) is 55.8 Å². The number of benzene rings is 1. The number of carbonyl (C=O) groups excluding carboxylic acids is 1. The van der Waals surface area contributed by atoms with Crippen molar-refractivity contribution in [2.45, 2.75) is 6.92 Å². The monoisotopic (exact) mass is 384 g/mol. The van der Waals surface area contributed by atoms with Crippen LogP contribution in [0.2, 0.25) is 0 Å². The lowest BCUT2D eigenvalue weighted by Crippen LogP contribution is -2.49. The first-order chi connectivity index (χ1) is 13.6. The molecular weight excluding hydrogens is 359 g/mol. The molecule has 2 aliphatic rings. The Morgan fingerprint density at radius 1 is 0.857 bits per heavy atom. The van der Waals surface area contributed by atoms with Gasteiger partial charge in [-0.15, -0.1) is 0 Å². The smallest absolute Gasteiger partial charge is 0.227 e. The van der Waals surface area contributed by atoms with Crippen LogP contribution in [0.5, 0.6) is 0 Å². The maximum atomic E-state index is 13.1. The van der Waals surface area contributed by atoms with E-state index in [1.807, 2.05) is 23.1 Å². The lowest BCUT2D eigenvalue weighted by molar-refractivity contribution is -0.129. The zero-order valence-corrected chi connectivity index (χ0v) is 16.1. The van der Waals surface area contributed by atoms with Gasteiger partial charge in [-0.2, -0.15) is 4.98 Å². The molecule has 0 radical (unpaired) electrons. The third-order valence-electron chi connectivity index (χ3n) is 5.43. The average Bonchev–Trinajstić information content (AvgIpc) is 2.75. The number of anilines is 3. The van der Waals surface area contributed by atoms with Crippen LogP contribution in [0.1, 0.15) is 6.92 Å². The standard InChI is InChI=1S/C20H25FN6O/c1-16(28)24-8-14-27(15-9-24)20-22-7-6-19(23-20)26-12-10-25(11-13-26)18-4-2-17(21)3-5-18/h2-7H,8-15H2,1H3. The van der Waals surface area contributed by atoms with Crippen LogP contribution in [-0.2, 0) is 4.79 Å². The van der Waals surface area contributed by atoms with Crippen LogP contribution in [0.4, 0.5) is 21.8 Å². The highest BCUT2D eigenvalue weighted by Gasteiger charge is 2.22.